The van der Waals surface area contributed by atoms with E-state index in [0.717, 1.165) is 19.4 Å². The topological polar surface area (TPSA) is 46.3 Å². The lowest BCUT2D eigenvalue weighted by Gasteiger charge is -2.34. The maximum Gasteiger partial charge on any atom is 0.224 e. The van der Waals surface area contributed by atoms with Gasteiger partial charge in [-0.15, -0.1) is 0 Å². The van der Waals surface area contributed by atoms with E-state index in [-0.39, 0.29) is 5.91 Å². The summed E-state index contributed by atoms with van der Waals surface area (Å²) in [5.41, 5.74) is 5.52. The molecule has 0 radical (unpaired) electrons. The van der Waals surface area contributed by atoms with E-state index in [2.05, 4.69) is 27.7 Å². The highest BCUT2D eigenvalue weighted by Crippen LogP contribution is 2.16. The Kier molecular flexibility index (Phi) is 6.76. The highest BCUT2D eigenvalue weighted by molar-refractivity contribution is 5.77. The van der Waals surface area contributed by atoms with Crippen molar-refractivity contribution in [1.29, 1.82) is 0 Å². The van der Waals surface area contributed by atoms with Crippen molar-refractivity contribution in [2.45, 2.75) is 72.4 Å². The first-order valence-corrected chi connectivity index (χ1v) is 6.79. The van der Waals surface area contributed by atoms with E-state index in [0.29, 0.717) is 18.4 Å². The molecule has 0 spiro atoms. The number of rotatable bonds is 7. The van der Waals surface area contributed by atoms with Crippen LogP contribution in [0.2, 0.25) is 0 Å². The normalized spacial score (nSPS) is 12.3. The van der Waals surface area contributed by atoms with E-state index in [1.807, 2.05) is 18.7 Å². The lowest BCUT2D eigenvalue weighted by atomic mass is 9.99. The van der Waals surface area contributed by atoms with Crippen molar-refractivity contribution in [2.24, 2.45) is 11.7 Å². The third-order valence-corrected chi connectivity index (χ3v) is 2.87. The summed E-state index contributed by atoms with van der Waals surface area (Å²) in [5.74, 6) is 0.695. The van der Waals surface area contributed by atoms with E-state index in [1.165, 1.54) is 0 Å². The summed E-state index contributed by atoms with van der Waals surface area (Å²) in [4.78, 5) is 14.3. The molecule has 1 amide bonds. The lowest BCUT2D eigenvalue weighted by molar-refractivity contribution is -0.135. The quantitative estimate of drug-likeness (QED) is 0.746. The molecule has 2 N–H and O–H groups in total. The van der Waals surface area contributed by atoms with Crippen molar-refractivity contribution in [1.82, 2.24) is 4.90 Å². The van der Waals surface area contributed by atoms with Crippen LogP contribution in [0.1, 0.15) is 60.8 Å². The summed E-state index contributed by atoms with van der Waals surface area (Å²) in [6.07, 6.45) is 2.45. The van der Waals surface area contributed by atoms with Crippen LogP contribution in [0.3, 0.4) is 0 Å². The van der Waals surface area contributed by atoms with Gasteiger partial charge in [-0.1, -0.05) is 27.7 Å². The van der Waals surface area contributed by atoms with Gasteiger partial charge in [0.1, 0.15) is 0 Å². The zero-order valence-electron chi connectivity index (χ0n) is 12.4. The van der Waals surface area contributed by atoms with E-state index >= 15 is 0 Å². The van der Waals surface area contributed by atoms with Crippen LogP contribution < -0.4 is 5.73 Å². The van der Waals surface area contributed by atoms with Crippen LogP contribution in [0.25, 0.3) is 0 Å². The van der Waals surface area contributed by atoms with Gasteiger partial charge in [-0.2, -0.15) is 0 Å². The average Bonchev–Trinajstić information content (AvgIpc) is 2.14. The molecule has 3 heteroatoms. The second-order valence-electron chi connectivity index (χ2n) is 6.08. The number of amides is 1. The minimum atomic E-state index is -0.418. The summed E-state index contributed by atoms with van der Waals surface area (Å²) in [6, 6.07) is 0.354. The van der Waals surface area contributed by atoms with Crippen molar-refractivity contribution in [3.63, 3.8) is 0 Å². The summed E-state index contributed by atoms with van der Waals surface area (Å²) in [7, 11) is 0. The van der Waals surface area contributed by atoms with Gasteiger partial charge in [-0.3, -0.25) is 4.79 Å². The molecule has 0 aliphatic rings. The molecule has 0 rings (SSSR count). The summed E-state index contributed by atoms with van der Waals surface area (Å²) in [6.45, 7) is 13.2. The fourth-order valence-electron chi connectivity index (χ4n) is 2.07. The van der Waals surface area contributed by atoms with Crippen molar-refractivity contribution in [2.75, 3.05) is 6.54 Å². The molecule has 0 aromatic carbocycles. The Bertz CT molecular complexity index is 227. The standard InChI is InChI=1S/C14H30N2O/c1-7-12(8-2)16(10-11(3)4)13(17)9-14(5,6)15/h11-12H,7-10,15H2,1-6H3. The fraction of sp³-hybridized carbons (Fsp3) is 0.929. The molecule has 0 bridgehead atoms. The number of hydrogen-bond donors (Lipinski definition) is 1. The van der Waals surface area contributed by atoms with Gasteiger partial charge in [0.15, 0.2) is 0 Å². The summed E-state index contributed by atoms with van der Waals surface area (Å²) in [5, 5.41) is 0. The number of carbonyl (C=O) groups excluding carboxylic acids is 1. The monoisotopic (exact) mass is 242 g/mol. The third-order valence-electron chi connectivity index (χ3n) is 2.87. The van der Waals surface area contributed by atoms with E-state index < -0.39 is 5.54 Å². The van der Waals surface area contributed by atoms with Gasteiger partial charge in [-0.05, 0) is 32.6 Å². The van der Waals surface area contributed by atoms with Gasteiger partial charge >= 0.3 is 0 Å². The molecule has 0 saturated carbocycles. The van der Waals surface area contributed by atoms with E-state index in [9.17, 15) is 4.79 Å². The maximum atomic E-state index is 12.3. The molecule has 0 aromatic heterocycles. The molecule has 0 aromatic rings. The SMILES string of the molecule is CCC(CC)N(CC(C)C)C(=O)CC(C)(C)N. The molecule has 0 aliphatic heterocycles. The van der Waals surface area contributed by atoms with Crippen LogP contribution in [0, 0.1) is 5.92 Å². The Balaban J connectivity index is 4.72. The first-order chi connectivity index (χ1) is 7.71. The van der Waals surface area contributed by atoms with Crippen molar-refractivity contribution >= 4 is 5.91 Å². The van der Waals surface area contributed by atoms with Gasteiger partial charge in [0, 0.05) is 24.5 Å². The highest BCUT2D eigenvalue weighted by Gasteiger charge is 2.25. The largest absolute Gasteiger partial charge is 0.339 e. The second kappa shape index (κ2) is 7.00. The lowest BCUT2D eigenvalue weighted by Crippen LogP contribution is -2.46. The van der Waals surface area contributed by atoms with Gasteiger partial charge in [0.2, 0.25) is 5.91 Å². The molecule has 0 fully saturated rings. The fourth-order valence-corrected chi connectivity index (χ4v) is 2.07. The Hall–Kier alpha value is -0.570. The molecular weight excluding hydrogens is 212 g/mol. The molecule has 0 atom stereocenters. The van der Waals surface area contributed by atoms with E-state index in [1.54, 1.807) is 0 Å². The van der Waals surface area contributed by atoms with Crippen LogP contribution in [0.4, 0.5) is 0 Å². The molecule has 3 nitrogen and oxygen atoms in total. The molecule has 102 valence electrons. The van der Waals surface area contributed by atoms with Crippen LogP contribution in [-0.4, -0.2) is 28.9 Å². The predicted octanol–water partition coefficient (Wildman–Crippen LogP) is 2.79. The molecular formula is C14H30N2O. The van der Waals surface area contributed by atoms with Gasteiger partial charge in [0.05, 0.1) is 0 Å². The smallest absolute Gasteiger partial charge is 0.224 e. The Morgan fingerprint density at radius 2 is 1.71 bits per heavy atom. The number of hydrogen-bond acceptors (Lipinski definition) is 2. The predicted molar refractivity (Wildman–Crippen MR) is 73.8 cm³/mol. The first-order valence-electron chi connectivity index (χ1n) is 6.79. The highest BCUT2D eigenvalue weighted by atomic mass is 16.2. The van der Waals surface area contributed by atoms with Crippen LogP contribution >= 0.6 is 0 Å². The Morgan fingerprint density at radius 1 is 1.24 bits per heavy atom. The second-order valence-corrected chi connectivity index (χ2v) is 6.08. The maximum absolute atomic E-state index is 12.3. The minimum Gasteiger partial charge on any atom is -0.339 e. The van der Waals surface area contributed by atoms with Crippen LogP contribution in [-0.2, 0) is 4.79 Å². The first kappa shape index (κ1) is 16.4. The minimum absolute atomic E-state index is 0.194. The van der Waals surface area contributed by atoms with Crippen LogP contribution in [0.5, 0.6) is 0 Å². The number of nitrogens with zero attached hydrogens (tertiary/aromatic N) is 1. The third kappa shape index (κ3) is 6.67. The Morgan fingerprint density at radius 3 is 2.00 bits per heavy atom. The van der Waals surface area contributed by atoms with Gasteiger partial charge in [0.25, 0.3) is 0 Å². The molecule has 0 aliphatic carbocycles. The van der Waals surface area contributed by atoms with Gasteiger partial charge < -0.3 is 10.6 Å². The van der Waals surface area contributed by atoms with Crippen molar-refractivity contribution in [3.8, 4) is 0 Å². The molecule has 0 heterocycles. The van der Waals surface area contributed by atoms with Crippen molar-refractivity contribution < 1.29 is 4.79 Å². The zero-order chi connectivity index (χ0) is 13.6. The Labute approximate surface area is 107 Å². The number of nitrogens with two attached hydrogens (primary N) is 1. The molecule has 0 saturated heterocycles. The summed E-state index contributed by atoms with van der Waals surface area (Å²) < 4.78 is 0. The van der Waals surface area contributed by atoms with E-state index in [4.69, 9.17) is 5.73 Å². The zero-order valence-corrected chi connectivity index (χ0v) is 12.4. The number of carbonyl (C=O) groups is 1. The molecule has 0 unspecified atom stereocenters. The van der Waals surface area contributed by atoms with Gasteiger partial charge in [-0.25, -0.2) is 0 Å². The average molecular weight is 242 g/mol. The van der Waals surface area contributed by atoms with Crippen LogP contribution in [0.15, 0.2) is 0 Å². The molecule has 17 heavy (non-hydrogen) atoms. The summed E-state index contributed by atoms with van der Waals surface area (Å²) >= 11 is 0. The van der Waals surface area contributed by atoms with Crippen molar-refractivity contribution in [3.05, 3.63) is 0 Å².